The highest BCUT2D eigenvalue weighted by molar-refractivity contribution is 5.38. The van der Waals surface area contributed by atoms with Crippen LogP contribution in [0.2, 0.25) is 0 Å². The molecule has 3 N–H and O–H groups in total. The number of para-hydroxylation sites is 1. The normalized spacial score (nSPS) is 9.73. The van der Waals surface area contributed by atoms with Crippen molar-refractivity contribution in [3.8, 4) is 17.2 Å². The maximum absolute atomic E-state index is 9.21. The third kappa shape index (κ3) is 10.0. The number of aryl methyl sites for hydroxylation is 4. The van der Waals surface area contributed by atoms with Gasteiger partial charge in [-0.25, -0.2) is 0 Å². The third-order valence-corrected chi connectivity index (χ3v) is 4.67. The van der Waals surface area contributed by atoms with Crippen LogP contribution in [-0.2, 0) is 12.8 Å². The van der Waals surface area contributed by atoms with Gasteiger partial charge in [-0.15, -0.1) is 0 Å². The molecule has 0 aliphatic rings. The van der Waals surface area contributed by atoms with Crippen molar-refractivity contribution in [2.75, 3.05) is 0 Å². The van der Waals surface area contributed by atoms with Crippen LogP contribution in [-0.4, -0.2) is 15.3 Å². The molecule has 0 radical (unpaired) electrons. The van der Waals surface area contributed by atoms with Gasteiger partial charge in [0, 0.05) is 0 Å². The summed E-state index contributed by atoms with van der Waals surface area (Å²) in [7, 11) is 0. The molecule has 0 fully saturated rings. The van der Waals surface area contributed by atoms with Gasteiger partial charge in [0.2, 0.25) is 0 Å². The number of phenolic OH excluding ortho intramolecular Hbond substituents is 3. The Hall–Kier alpha value is -2.94. The summed E-state index contributed by atoms with van der Waals surface area (Å²) in [5.74, 6) is 1.11. The van der Waals surface area contributed by atoms with Gasteiger partial charge in [0.15, 0.2) is 0 Å². The van der Waals surface area contributed by atoms with Crippen LogP contribution in [0, 0.1) is 13.8 Å². The van der Waals surface area contributed by atoms with Crippen LogP contribution in [0.25, 0.3) is 0 Å². The highest BCUT2D eigenvalue weighted by atomic mass is 16.3. The van der Waals surface area contributed by atoms with Crippen molar-refractivity contribution in [1.82, 2.24) is 0 Å². The molecule has 0 aliphatic carbocycles. The average molecular weight is 409 g/mol. The van der Waals surface area contributed by atoms with E-state index in [4.69, 9.17) is 10.2 Å². The fourth-order valence-electron chi connectivity index (χ4n) is 2.80. The Morgan fingerprint density at radius 1 is 0.567 bits per heavy atom. The molecule has 0 saturated carbocycles. The van der Waals surface area contributed by atoms with Gasteiger partial charge in [-0.2, -0.15) is 0 Å². The number of hydrogen-bond acceptors (Lipinski definition) is 3. The van der Waals surface area contributed by atoms with E-state index in [1.54, 1.807) is 24.3 Å². The summed E-state index contributed by atoms with van der Waals surface area (Å²) in [4.78, 5) is 0. The largest absolute Gasteiger partial charge is 0.508 e. The summed E-state index contributed by atoms with van der Waals surface area (Å²) in [6.07, 6.45) is 5.83. The first-order chi connectivity index (χ1) is 14.4. The molecule has 0 saturated heterocycles. The maximum atomic E-state index is 9.21. The molecular weight excluding hydrogens is 372 g/mol. The molecule has 0 aromatic heterocycles. The molecule has 3 heteroatoms. The lowest BCUT2D eigenvalue weighted by atomic mass is 10.1. The highest BCUT2D eigenvalue weighted by Gasteiger charge is 1.95. The van der Waals surface area contributed by atoms with Gasteiger partial charge in [-0.1, -0.05) is 69.2 Å². The number of benzene rings is 3. The minimum atomic E-state index is 0.347. The lowest BCUT2D eigenvalue weighted by molar-refractivity contribution is 0.467. The SMILES string of the molecule is CCCCc1ccc(O)cc1.CCCc1ccc(O)cc1.Cc1cccc(C)c1O. The van der Waals surface area contributed by atoms with Gasteiger partial charge in [-0.3, -0.25) is 0 Å². The molecule has 0 aliphatic heterocycles. The summed E-state index contributed by atoms with van der Waals surface area (Å²) in [6, 6.07) is 20.5. The topological polar surface area (TPSA) is 60.7 Å². The van der Waals surface area contributed by atoms with E-state index in [1.807, 2.05) is 56.3 Å². The first-order valence-electron chi connectivity index (χ1n) is 10.7. The molecule has 3 nitrogen and oxygen atoms in total. The highest BCUT2D eigenvalue weighted by Crippen LogP contribution is 2.19. The van der Waals surface area contributed by atoms with E-state index in [1.165, 1.54) is 24.0 Å². The van der Waals surface area contributed by atoms with Crippen molar-refractivity contribution >= 4 is 0 Å². The number of aromatic hydroxyl groups is 3. The first kappa shape index (κ1) is 25.1. The monoisotopic (exact) mass is 408 g/mol. The Bertz CT molecular complexity index is 817. The Morgan fingerprint density at radius 2 is 1.00 bits per heavy atom. The minimum absolute atomic E-state index is 0.347. The lowest BCUT2D eigenvalue weighted by Gasteiger charge is -1.99. The second-order valence-electron chi connectivity index (χ2n) is 7.43. The fourth-order valence-corrected chi connectivity index (χ4v) is 2.80. The predicted octanol–water partition coefficient (Wildman–Crippen LogP) is 7.09. The molecule has 0 atom stereocenters. The smallest absolute Gasteiger partial charge is 0.121 e. The molecule has 0 amide bonds. The van der Waals surface area contributed by atoms with Crippen LogP contribution >= 0.6 is 0 Å². The molecular formula is C27H36O3. The first-order valence-corrected chi connectivity index (χ1v) is 10.7. The second kappa shape index (κ2) is 14.1. The molecule has 0 bridgehead atoms. The summed E-state index contributed by atoms with van der Waals surface area (Å²) in [5, 5.41) is 27.1. The quantitative estimate of drug-likeness (QED) is 0.422. The summed E-state index contributed by atoms with van der Waals surface area (Å²) < 4.78 is 0. The van der Waals surface area contributed by atoms with Crippen LogP contribution in [0.3, 0.4) is 0 Å². The number of hydrogen-bond donors (Lipinski definition) is 3. The van der Waals surface area contributed by atoms with E-state index in [-0.39, 0.29) is 0 Å². The Labute approximate surface area is 181 Å². The zero-order valence-electron chi connectivity index (χ0n) is 18.7. The van der Waals surface area contributed by atoms with E-state index in [2.05, 4.69) is 13.8 Å². The summed E-state index contributed by atoms with van der Waals surface area (Å²) in [6.45, 7) is 8.11. The molecule has 0 heterocycles. The molecule has 3 aromatic carbocycles. The summed E-state index contributed by atoms with van der Waals surface area (Å²) in [5.41, 5.74) is 4.48. The molecule has 3 aromatic rings. The molecule has 3 rings (SSSR count). The van der Waals surface area contributed by atoms with E-state index in [0.29, 0.717) is 17.2 Å². The Kier molecular flexibility index (Phi) is 11.8. The van der Waals surface area contributed by atoms with Crippen molar-refractivity contribution in [3.05, 3.63) is 89.0 Å². The molecule has 0 spiro atoms. The van der Waals surface area contributed by atoms with Crippen LogP contribution in [0.15, 0.2) is 66.7 Å². The standard InChI is InChI=1S/C10H14O.C9H12O.C8H10O/c1-2-3-4-9-5-7-10(11)8-6-9;1-2-3-8-4-6-9(10)7-5-8;1-6-4-3-5-7(2)8(6)9/h5-8,11H,2-4H2,1H3;4-7,10H,2-3H2,1H3;3-5,9H,1-2H3. The van der Waals surface area contributed by atoms with Crippen LogP contribution in [0.1, 0.15) is 55.4 Å². The third-order valence-electron chi connectivity index (χ3n) is 4.67. The minimum Gasteiger partial charge on any atom is -0.508 e. The zero-order chi connectivity index (χ0) is 22.4. The van der Waals surface area contributed by atoms with E-state index in [0.717, 1.165) is 30.4 Å². The number of unbranched alkanes of at least 4 members (excludes halogenated alkanes) is 1. The van der Waals surface area contributed by atoms with Crippen molar-refractivity contribution < 1.29 is 15.3 Å². The number of rotatable bonds is 5. The van der Waals surface area contributed by atoms with Gasteiger partial charge in [0.05, 0.1) is 0 Å². The molecule has 162 valence electrons. The number of phenols is 3. The van der Waals surface area contributed by atoms with Crippen molar-refractivity contribution in [3.63, 3.8) is 0 Å². The average Bonchev–Trinajstić information content (AvgIpc) is 2.74. The van der Waals surface area contributed by atoms with Crippen molar-refractivity contribution in [1.29, 1.82) is 0 Å². The van der Waals surface area contributed by atoms with Crippen molar-refractivity contribution in [2.45, 2.75) is 59.8 Å². The van der Waals surface area contributed by atoms with Gasteiger partial charge in [-0.05, 0) is 79.6 Å². The van der Waals surface area contributed by atoms with Crippen LogP contribution in [0.5, 0.6) is 17.2 Å². The maximum Gasteiger partial charge on any atom is 0.121 e. The van der Waals surface area contributed by atoms with E-state index < -0.39 is 0 Å². The fraction of sp³-hybridized carbons (Fsp3) is 0.333. The van der Waals surface area contributed by atoms with E-state index in [9.17, 15) is 5.11 Å². The van der Waals surface area contributed by atoms with Gasteiger partial charge in [0.25, 0.3) is 0 Å². The van der Waals surface area contributed by atoms with Crippen LogP contribution in [0.4, 0.5) is 0 Å². The van der Waals surface area contributed by atoms with Crippen LogP contribution < -0.4 is 0 Å². The summed E-state index contributed by atoms with van der Waals surface area (Å²) >= 11 is 0. The Balaban J connectivity index is 0.000000226. The van der Waals surface area contributed by atoms with Gasteiger partial charge < -0.3 is 15.3 Å². The molecule has 0 unspecified atom stereocenters. The van der Waals surface area contributed by atoms with Gasteiger partial charge in [0.1, 0.15) is 17.2 Å². The zero-order valence-corrected chi connectivity index (χ0v) is 18.7. The Morgan fingerprint density at radius 3 is 1.37 bits per heavy atom. The predicted molar refractivity (Wildman–Crippen MR) is 126 cm³/mol. The van der Waals surface area contributed by atoms with Gasteiger partial charge >= 0.3 is 0 Å². The van der Waals surface area contributed by atoms with Crippen molar-refractivity contribution in [2.24, 2.45) is 0 Å². The second-order valence-corrected chi connectivity index (χ2v) is 7.43. The lowest BCUT2D eigenvalue weighted by Crippen LogP contribution is -1.82. The van der Waals surface area contributed by atoms with E-state index >= 15 is 0 Å². The molecule has 30 heavy (non-hydrogen) atoms.